The average Bonchev–Trinajstić information content (AvgIpc) is 3.13. The fourth-order valence-corrected chi connectivity index (χ4v) is 11.3. The van der Waals surface area contributed by atoms with Gasteiger partial charge in [0, 0.05) is 23.8 Å². The van der Waals surface area contributed by atoms with Crippen molar-refractivity contribution < 1.29 is 48.3 Å². The number of carbonyl (C=O) groups excluding carboxylic acids is 3. The summed E-state index contributed by atoms with van der Waals surface area (Å²) >= 11 is 0. The van der Waals surface area contributed by atoms with Crippen LogP contribution in [-0.4, -0.2) is 104 Å². The molecule has 1 aliphatic carbocycles. The van der Waals surface area contributed by atoms with Gasteiger partial charge in [-0.05, 0) is 41.1 Å². The van der Waals surface area contributed by atoms with Crippen molar-refractivity contribution in [1.82, 2.24) is 10.6 Å². The number of nitrogens with one attached hydrogen (secondary N) is 2. The van der Waals surface area contributed by atoms with Crippen LogP contribution in [-0.2, 0) is 33.3 Å². The molecule has 5 N–H and O–H groups in total. The lowest BCUT2D eigenvalue weighted by Gasteiger charge is -2.50. The number of methoxy groups -OCH3 is 1. The fraction of sp³-hybridized carbons (Fsp3) is 0.615. The predicted molar refractivity (Wildman–Crippen MR) is 198 cm³/mol. The van der Waals surface area contributed by atoms with Gasteiger partial charge in [0.1, 0.15) is 31.0 Å². The van der Waals surface area contributed by atoms with E-state index >= 15 is 0 Å². The third-order valence-electron chi connectivity index (χ3n) is 10.6. The molecule has 2 amide bonds. The van der Waals surface area contributed by atoms with Gasteiger partial charge in [0.2, 0.25) is 11.8 Å². The van der Waals surface area contributed by atoms with Crippen molar-refractivity contribution in [3.05, 3.63) is 60.7 Å². The number of esters is 1. The number of rotatable bonds is 15. The minimum atomic E-state index is -3.48. The van der Waals surface area contributed by atoms with Crippen LogP contribution in [0.3, 0.4) is 0 Å². The van der Waals surface area contributed by atoms with Gasteiger partial charge in [0.25, 0.3) is 8.32 Å². The second kappa shape index (κ2) is 18.2. The van der Waals surface area contributed by atoms with Crippen molar-refractivity contribution in [3.63, 3.8) is 0 Å². The standard InChI is InChI=1S/C39H58N2O10Si/c1-24(2)36(45)40-29-19-14-20-30(28(29)21-39(5,6)52(47,26-15-10-8-11-16-26)27-17-12-9-13-18-27)50-38-33(41-37(46)25(3)4)35(49-23-32(43)48-7)34(44)31(22-42)51-38/h8-13,15-18,24-25,28-31,33-35,38,42,44,47H,14,19-23H2,1-7H3,(H,40,45)(H,41,46)/t28-,29+,30-,31?,33?,34+,35?,38+/m0/s1. The first kappa shape index (κ1) is 41.6. The molecule has 1 saturated carbocycles. The molecule has 2 aromatic rings. The molecule has 1 saturated heterocycles. The largest absolute Gasteiger partial charge is 0.467 e. The monoisotopic (exact) mass is 742 g/mol. The maximum atomic E-state index is 13.2. The molecule has 1 aliphatic heterocycles. The highest BCUT2D eigenvalue weighted by molar-refractivity contribution is 6.98. The quantitative estimate of drug-likeness (QED) is 0.134. The number of hydrogen-bond donors (Lipinski definition) is 5. The highest BCUT2D eigenvalue weighted by Crippen LogP contribution is 2.46. The van der Waals surface area contributed by atoms with Crippen LogP contribution in [0.25, 0.3) is 0 Å². The molecule has 52 heavy (non-hydrogen) atoms. The predicted octanol–water partition coefficient (Wildman–Crippen LogP) is 2.01. The van der Waals surface area contributed by atoms with Crippen LogP contribution in [0.15, 0.2) is 60.7 Å². The van der Waals surface area contributed by atoms with Crippen LogP contribution in [0.4, 0.5) is 0 Å². The molecule has 288 valence electrons. The average molecular weight is 743 g/mol. The minimum Gasteiger partial charge on any atom is -0.467 e. The first-order valence-electron chi connectivity index (χ1n) is 18.4. The summed E-state index contributed by atoms with van der Waals surface area (Å²) in [5.41, 5.74) is 0. The van der Waals surface area contributed by atoms with Crippen molar-refractivity contribution in [2.24, 2.45) is 17.8 Å². The van der Waals surface area contributed by atoms with Crippen LogP contribution < -0.4 is 21.0 Å². The fourth-order valence-electron chi connectivity index (χ4n) is 7.50. The number of aliphatic hydroxyl groups excluding tert-OH is 2. The lowest BCUT2D eigenvalue weighted by Crippen LogP contribution is -2.67. The van der Waals surface area contributed by atoms with Crippen LogP contribution in [0.1, 0.15) is 67.2 Å². The van der Waals surface area contributed by atoms with Gasteiger partial charge in [-0.3, -0.25) is 9.59 Å². The van der Waals surface area contributed by atoms with Gasteiger partial charge in [-0.15, -0.1) is 0 Å². The smallest absolute Gasteiger partial charge is 0.331 e. The Bertz CT molecular complexity index is 1420. The lowest BCUT2D eigenvalue weighted by molar-refractivity contribution is -0.294. The van der Waals surface area contributed by atoms with Gasteiger partial charge in [-0.1, -0.05) is 102 Å². The summed E-state index contributed by atoms with van der Waals surface area (Å²) in [6, 6.07) is 18.1. The number of amides is 2. The molecule has 1 heterocycles. The second-order valence-corrected chi connectivity index (χ2v) is 19.3. The molecule has 0 aromatic heterocycles. The third-order valence-corrected chi connectivity index (χ3v) is 15.1. The van der Waals surface area contributed by atoms with Crippen LogP contribution in [0, 0.1) is 17.8 Å². The topological polar surface area (TPSA) is 173 Å². The van der Waals surface area contributed by atoms with Gasteiger partial charge >= 0.3 is 5.97 Å². The lowest BCUT2D eigenvalue weighted by atomic mass is 9.77. The van der Waals surface area contributed by atoms with Crippen molar-refractivity contribution in [3.8, 4) is 0 Å². The number of carbonyl (C=O) groups is 3. The van der Waals surface area contributed by atoms with E-state index in [1.54, 1.807) is 13.8 Å². The van der Waals surface area contributed by atoms with E-state index in [0.29, 0.717) is 25.7 Å². The Balaban J connectivity index is 1.77. The second-order valence-electron chi connectivity index (χ2n) is 15.3. The zero-order valence-corrected chi connectivity index (χ0v) is 32.5. The first-order chi connectivity index (χ1) is 24.6. The van der Waals surface area contributed by atoms with E-state index in [-0.39, 0.29) is 29.7 Å². The molecule has 2 fully saturated rings. The van der Waals surface area contributed by atoms with Crippen molar-refractivity contribution >= 4 is 36.5 Å². The molecule has 13 heteroatoms. The molecule has 0 spiro atoms. The van der Waals surface area contributed by atoms with Crippen molar-refractivity contribution in [1.29, 1.82) is 0 Å². The van der Waals surface area contributed by atoms with E-state index in [1.807, 2.05) is 74.5 Å². The van der Waals surface area contributed by atoms with Crippen molar-refractivity contribution in [2.45, 2.75) is 115 Å². The Kier molecular flexibility index (Phi) is 14.6. The van der Waals surface area contributed by atoms with Gasteiger partial charge in [-0.25, -0.2) is 4.79 Å². The summed E-state index contributed by atoms with van der Waals surface area (Å²) in [4.78, 5) is 51.5. The molecule has 0 bridgehead atoms. The summed E-state index contributed by atoms with van der Waals surface area (Å²) in [7, 11) is -2.27. The van der Waals surface area contributed by atoms with E-state index in [0.717, 1.165) is 10.4 Å². The minimum absolute atomic E-state index is 0.0946. The normalized spacial score (nSPS) is 26.9. The van der Waals surface area contributed by atoms with Gasteiger partial charge < -0.3 is 44.6 Å². The van der Waals surface area contributed by atoms with Crippen molar-refractivity contribution in [2.75, 3.05) is 20.3 Å². The Morgan fingerprint density at radius 3 is 2.00 bits per heavy atom. The zero-order chi connectivity index (χ0) is 38.2. The first-order valence-corrected chi connectivity index (χ1v) is 20.3. The van der Waals surface area contributed by atoms with Gasteiger partial charge in [0.15, 0.2) is 6.29 Å². The molecule has 3 unspecified atom stereocenters. The summed E-state index contributed by atoms with van der Waals surface area (Å²) < 4.78 is 23.6. The molecule has 8 atom stereocenters. The van der Waals surface area contributed by atoms with E-state index < -0.39 is 75.2 Å². The summed E-state index contributed by atoms with van der Waals surface area (Å²) in [5.74, 6) is -2.15. The Hall–Kier alpha value is -3.17. The molecule has 2 aliphatic rings. The highest BCUT2D eigenvalue weighted by Gasteiger charge is 2.54. The maximum absolute atomic E-state index is 13.2. The van der Waals surface area contributed by atoms with E-state index in [9.17, 15) is 29.4 Å². The molecule has 2 aromatic carbocycles. The molecule has 4 rings (SSSR count). The Labute approximate surface area is 308 Å². The van der Waals surface area contributed by atoms with Crippen LogP contribution in [0.5, 0.6) is 0 Å². The van der Waals surface area contributed by atoms with E-state index in [2.05, 4.69) is 24.5 Å². The number of benzene rings is 2. The number of hydrogen-bond acceptors (Lipinski definition) is 10. The Morgan fingerprint density at radius 1 is 0.923 bits per heavy atom. The number of aliphatic hydroxyl groups is 2. The van der Waals surface area contributed by atoms with Gasteiger partial charge in [0.05, 0.1) is 19.8 Å². The number of ether oxygens (including phenoxy) is 4. The molecular weight excluding hydrogens is 685 g/mol. The van der Waals surface area contributed by atoms with Gasteiger partial charge in [-0.2, -0.15) is 0 Å². The zero-order valence-electron chi connectivity index (χ0n) is 31.5. The maximum Gasteiger partial charge on any atom is 0.331 e. The Morgan fingerprint density at radius 2 is 1.48 bits per heavy atom. The molecule has 12 nitrogen and oxygen atoms in total. The molecular formula is C39H58N2O10Si. The van der Waals surface area contributed by atoms with Crippen LogP contribution >= 0.6 is 0 Å². The molecule has 0 radical (unpaired) electrons. The van der Waals surface area contributed by atoms with Crippen LogP contribution in [0.2, 0.25) is 5.04 Å². The summed E-state index contributed by atoms with van der Waals surface area (Å²) in [6.45, 7) is 10.2. The van der Waals surface area contributed by atoms with E-state index in [1.165, 1.54) is 7.11 Å². The summed E-state index contributed by atoms with van der Waals surface area (Å²) in [6.07, 6.45) is -3.07. The summed E-state index contributed by atoms with van der Waals surface area (Å²) in [5, 5.41) is 28.7. The SMILES string of the molecule is COC(=O)COC1C(NC(=O)C(C)C)[C@H](O[C@H]2CCC[C@@H](NC(=O)C(C)C)[C@@H]2CC(C)(C)[Si](O)(c2ccccc2)c2ccccc2)OC(CO)[C@H]1O. The third kappa shape index (κ3) is 9.48. The highest BCUT2D eigenvalue weighted by atomic mass is 28.4. The van der Waals surface area contributed by atoms with E-state index in [4.69, 9.17) is 18.9 Å².